The van der Waals surface area contributed by atoms with E-state index in [4.69, 9.17) is 4.74 Å². The average Bonchev–Trinajstić information content (AvgIpc) is 2.76. The number of nitrogens with zero attached hydrogens (tertiary/aromatic N) is 2. The number of hydrogen-bond donors (Lipinski definition) is 0. The SMILES string of the molecule is CC(C)(C)OC(=O)C(=O)CC(=O)N(Cc1ccc2ccccc2c1)c1cccc([N+](=O)[O-])c1. The molecule has 0 N–H and O–H groups in total. The zero-order valence-corrected chi connectivity index (χ0v) is 18.6. The van der Waals surface area contributed by atoms with Gasteiger partial charge in [0.05, 0.1) is 23.6 Å². The molecule has 3 aromatic rings. The summed E-state index contributed by atoms with van der Waals surface area (Å²) in [6, 6.07) is 19.0. The maximum absolute atomic E-state index is 13.1. The van der Waals surface area contributed by atoms with Gasteiger partial charge in [0.25, 0.3) is 5.69 Å². The topological polar surface area (TPSA) is 107 Å². The van der Waals surface area contributed by atoms with Crippen LogP contribution in [-0.4, -0.2) is 28.2 Å². The Labute approximate surface area is 190 Å². The van der Waals surface area contributed by atoms with Crippen LogP contribution in [0.1, 0.15) is 32.8 Å². The molecule has 0 aliphatic heterocycles. The third kappa shape index (κ3) is 6.22. The molecule has 0 aromatic heterocycles. The second-order valence-electron chi connectivity index (χ2n) is 8.54. The van der Waals surface area contributed by atoms with Gasteiger partial charge in [-0.15, -0.1) is 0 Å². The normalized spacial score (nSPS) is 11.1. The van der Waals surface area contributed by atoms with Crippen molar-refractivity contribution in [1.29, 1.82) is 0 Å². The zero-order chi connectivity index (χ0) is 24.2. The van der Waals surface area contributed by atoms with Gasteiger partial charge in [0, 0.05) is 12.1 Å². The van der Waals surface area contributed by atoms with Gasteiger partial charge in [-0.2, -0.15) is 0 Å². The van der Waals surface area contributed by atoms with Gasteiger partial charge in [0.2, 0.25) is 11.7 Å². The van der Waals surface area contributed by atoms with Crippen LogP contribution in [0, 0.1) is 10.1 Å². The molecule has 0 fully saturated rings. The first kappa shape index (κ1) is 23.6. The second kappa shape index (κ2) is 9.60. The summed E-state index contributed by atoms with van der Waals surface area (Å²) in [4.78, 5) is 49.4. The number of anilines is 1. The number of nitro benzene ring substituents is 1. The van der Waals surface area contributed by atoms with E-state index in [-0.39, 0.29) is 17.9 Å². The number of nitro groups is 1. The van der Waals surface area contributed by atoms with Crippen LogP contribution in [0.25, 0.3) is 10.8 Å². The predicted molar refractivity (Wildman–Crippen MR) is 124 cm³/mol. The monoisotopic (exact) mass is 448 g/mol. The Hall–Kier alpha value is -4.07. The highest BCUT2D eigenvalue weighted by atomic mass is 16.6. The molecule has 0 spiro atoms. The highest BCUT2D eigenvalue weighted by Gasteiger charge is 2.28. The Morgan fingerprint density at radius 3 is 2.30 bits per heavy atom. The van der Waals surface area contributed by atoms with Crippen LogP contribution in [0.15, 0.2) is 66.7 Å². The van der Waals surface area contributed by atoms with Gasteiger partial charge < -0.3 is 9.64 Å². The molecule has 3 aromatic carbocycles. The fourth-order valence-electron chi connectivity index (χ4n) is 3.26. The van der Waals surface area contributed by atoms with Crippen molar-refractivity contribution in [1.82, 2.24) is 0 Å². The van der Waals surface area contributed by atoms with Gasteiger partial charge in [0.1, 0.15) is 5.60 Å². The third-order valence-electron chi connectivity index (χ3n) is 4.75. The minimum absolute atomic E-state index is 0.0619. The zero-order valence-electron chi connectivity index (χ0n) is 18.6. The molecular weight excluding hydrogens is 424 g/mol. The van der Waals surface area contributed by atoms with E-state index in [9.17, 15) is 24.5 Å². The number of carbonyl (C=O) groups excluding carboxylic acids is 3. The number of ketones is 1. The molecule has 0 aliphatic rings. The van der Waals surface area contributed by atoms with E-state index in [1.165, 1.54) is 23.1 Å². The minimum Gasteiger partial charge on any atom is -0.454 e. The number of rotatable bonds is 7. The molecule has 8 nitrogen and oxygen atoms in total. The number of Topliss-reactive ketones (excluding diaryl/α,β-unsaturated/α-hetero) is 1. The van der Waals surface area contributed by atoms with Crippen molar-refractivity contribution in [2.24, 2.45) is 0 Å². The van der Waals surface area contributed by atoms with Crippen molar-refractivity contribution in [3.05, 3.63) is 82.4 Å². The summed E-state index contributed by atoms with van der Waals surface area (Å²) in [5.41, 5.74) is -0.0550. The number of amides is 1. The first-order valence-electron chi connectivity index (χ1n) is 10.3. The lowest BCUT2D eigenvalue weighted by Crippen LogP contribution is -2.35. The molecule has 0 saturated heterocycles. The highest BCUT2D eigenvalue weighted by molar-refractivity contribution is 6.37. The van der Waals surface area contributed by atoms with Gasteiger partial charge in [-0.25, -0.2) is 4.79 Å². The van der Waals surface area contributed by atoms with Crippen molar-refractivity contribution in [2.75, 3.05) is 4.90 Å². The van der Waals surface area contributed by atoms with Crippen molar-refractivity contribution in [2.45, 2.75) is 39.3 Å². The van der Waals surface area contributed by atoms with Crippen LogP contribution >= 0.6 is 0 Å². The lowest BCUT2D eigenvalue weighted by atomic mass is 10.1. The van der Waals surface area contributed by atoms with E-state index in [1.54, 1.807) is 26.8 Å². The molecule has 0 bridgehead atoms. The lowest BCUT2D eigenvalue weighted by Gasteiger charge is -2.23. The van der Waals surface area contributed by atoms with E-state index >= 15 is 0 Å². The van der Waals surface area contributed by atoms with E-state index in [0.717, 1.165) is 16.3 Å². The molecule has 0 unspecified atom stereocenters. The molecule has 0 aliphatic carbocycles. The summed E-state index contributed by atoms with van der Waals surface area (Å²) in [7, 11) is 0. The molecule has 8 heteroatoms. The van der Waals surface area contributed by atoms with Gasteiger partial charge in [-0.1, -0.05) is 42.5 Å². The molecule has 170 valence electrons. The lowest BCUT2D eigenvalue weighted by molar-refractivity contribution is -0.384. The third-order valence-corrected chi connectivity index (χ3v) is 4.75. The predicted octanol–water partition coefficient (Wildman–Crippen LogP) is 4.58. The van der Waals surface area contributed by atoms with Crippen LogP contribution in [0.2, 0.25) is 0 Å². The van der Waals surface area contributed by atoms with Crippen LogP contribution in [-0.2, 0) is 25.7 Å². The Morgan fingerprint density at radius 1 is 0.939 bits per heavy atom. The summed E-state index contributed by atoms with van der Waals surface area (Å²) in [6.07, 6.45) is -0.717. The van der Waals surface area contributed by atoms with Gasteiger partial charge in [-0.05, 0) is 49.2 Å². The summed E-state index contributed by atoms with van der Waals surface area (Å²) in [5, 5.41) is 13.2. The van der Waals surface area contributed by atoms with E-state index < -0.39 is 34.6 Å². The fraction of sp³-hybridized carbons (Fsp3) is 0.240. The second-order valence-corrected chi connectivity index (χ2v) is 8.54. The van der Waals surface area contributed by atoms with Crippen LogP contribution in [0.5, 0.6) is 0 Å². The van der Waals surface area contributed by atoms with Gasteiger partial charge >= 0.3 is 5.97 Å². The number of fused-ring (bicyclic) bond motifs is 1. The van der Waals surface area contributed by atoms with Crippen molar-refractivity contribution >= 4 is 39.8 Å². The molecule has 33 heavy (non-hydrogen) atoms. The largest absolute Gasteiger partial charge is 0.454 e. The fourth-order valence-corrected chi connectivity index (χ4v) is 3.26. The Kier molecular flexibility index (Phi) is 6.86. The standard InChI is InChI=1S/C25H24N2O6/c1-25(2,3)33-24(30)22(28)15-23(29)26(20-9-6-10-21(14-20)27(31)32)16-17-11-12-18-7-4-5-8-19(18)13-17/h4-14H,15-16H2,1-3H3. The number of non-ortho nitro benzene ring substituents is 1. The molecule has 0 saturated carbocycles. The van der Waals surface area contributed by atoms with Gasteiger partial charge in [-0.3, -0.25) is 19.7 Å². The minimum atomic E-state index is -1.10. The van der Waals surface area contributed by atoms with Crippen molar-refractivity contribution in [3.8, 4) is 0 Å². The van der Waals surface area contributed by atoms with E-state index in [2.05, 4.69) is 0 Å². The quantitative estimate of drug-likeness (QED) is 0.172. The molecule has 0 atom stereocenters. The Balaban J connectivity index is 1.91. The summed E-state index contributed by atoms with van der Waals surface area (Å²) >= 11 is 0. The van der Waals surface area contributed by atoms with Crippen LogP contribution < -0.4 is 4.90 Å². The number of ether oxygens (including phenoxy) is 1. The average molecular weight is 448 g/mol. The summed E-state index contributed by atoms with van der Waals surface area (Å²) < 4.78 is 5.05. The maximum Gasteiger partial charge on any atom is 0.375 e. The number of esters is 1. The number of hydrogen-bond acceptors (Lipinski definition) is 6. The summed E-state index contributed by atoms with van der Waals surface area (Å²) in [6.45, 7) is 4.92. The Morgan fingerprint density at radius 2 is 1.64 bits per heavy atom. The maximum atomic E-state index is 13.1. The van der Waals surface area contributed by atoms with Crippen molar-refractivity contribution < 1.29 is 24.0 Å². The molecule has 0 radical (unpaired) electrons. The van der Waals surface area contributed by atoms with Gasteiger partial charge in [0.15, 0.2) is 0 Å². The Bertz CT molecular complexity index is 1230. The number of benzene rings is 3. The first-order valence-corrected chi connectivity index (χ1v) is 10.3. The van der Waals surface area contributed by atoms with E-state index in [0.29, 0.717) is 0 Å². The highest BCUT2D eigenvalue weighted by Crippen LogP contribution is 2.25. The van der Waals surface area contributed by atoms with Crippen LogP contribution in [0.3, 0.4) is 0 Å². The molecule has 1 amide bonds. The van der Waals surface area contributed by atoms with Crippen molar-refractivity contribution in [3.63, 3.8) is 0 Å². The molecule has 0 heterocycles. The summed E-state index contributed by atoms with van der Waals surface area (Å²) in [5.74, 6) is -2.75. The van der Waals surface area contributed by atoms with Crippen LogP contribution in [0.4, 0.5) is 11.4 Å². The first-order chi connectivity index (χ1) is 15.5. The smallest absolute Gasteiger partial charge is 0.375 e. The molecule has 3 rings (SSSR count). The number of carbonyl (C=O) groups is 3. The molecular formula is C25H24N2O6. The van der Waals surface area contributed by atoms with E-state index in [1.807, 2.05) is 42.5 Å².